The Morgan fingerprint density at radius 3 is 2.65 bits per heavy atom. The summed E-state index contributed by atoms with van der Waals surface area (Å²) in [6, 6.07) is 15.0. The van der Waals surface area contributed by atoms with Gasteiger partial charge in [-0.25, -0.2) is 0 Å². The highest BCUT2D eigenvalue weighted by Crippen LogP contribution is 2.23. The molecule has 0 aliphatic rings. The van der Waals surface area contributed by atoms with Gasteiger partial charge < -0.3 is 9.88 Å². The summed E-state index contributed by atoms with van der Waals surface area (Å²) < 4.78 is 3.31. The van der Waals surface area contributed by atoms with Crippen molar-refractivity contribution in [1.29, 1.82) is 0 Å². The van der Waals surface area contributed by atoms with E-state index in [9.17, 15) is 0 Å². The number of aromatic nitrogens is 1. The molecule has 3 rings (SSSR count). The lowest BCUT2D eigenvalue weighted by Gasteiger charge is -2.07. The van der Waals surface area contributed by atoms with Crippen molar-refractivity contribution in [2.75, 3.05) is 5.32 Å². The molecule has 0 amide bonds. The fourth-order valence-electron chi connectivity index (χ4n) is 2.32. The molecule has 2 aromatic carbocycles. The molecule has 0 saturated heterocycles. The monoisotopic (exact) mass is 328 g/mol. The zero-order valence-electron chi connectivity index (χ0n) is 11.4. The first-order valence-corrected chi connectivity index (χ1v) is 7.62. The highest BCUT2D eigenvalue weighted by molar-refractivity contribution is 9.10. The van der Waals surface area contributed by atoms with E-state index in [2.05, 4.69) is 87.6 Å². The summed E-state index contributed by atoms with van der Waals surface area (Å²) in [5, 5.41) is 5.99. The van der Waals surface area contributed by atoms with Crippen LogP contribution in [0.4, 0.5) is 5.69 Å². The number of benzene rings is 2. The zero-order chi connectivity index (χ0) is 13.9. The van der Waals surface area contributed by atoms with Crippen LogP contribution < -0.4 is 5.32 Å². The fraction of sp³-hybridized carbons (Fsp3) is 0.176. The van der Waals surface area contributed by atoms with Gasteiger partial charge in [-0.1, -0.05) is 28.1 Å². The van der Waals surface area contributed by atoms with Crippen molar-refractivity contribution in [3.05, 3.63) is 64.9 Å². The van der Waals surface area contributed by atoms with Crippen LogP contribution >= 0.6 is 15.9 Å². The van der Waals surface area contributed by atoms with E-state index in [1.165, 1.54) is 16.3 Å². The van der Waals surface area contributed by atoms with Crippen molar-refractivity contribution >= 4 is 32.4 Å². The average Bonchev–Trinajstić information content (AvgIpc) is 2.93. The first kappa shape index (κ1) is 13.3. The van der Waals surface area contributed by atoms with Crippen LogP contribution in [-0.2, 0) is 13.1 Å². The second-order valence-electron chi connectivity index (χ2n) is 4.91. The third kappa shape index (κ3) is 2.88. The van der Waals surface area contributed by atoms with Crippen LogP contribution in [0.25, 0.3) is 10.8 Å². The van der Waals surface area contributed by atoms with Crippen LogP contribution in [0, 0.1) is 0 Å². The third-order valence-corrected chi connectivity index (χ3v) is 3.97. The highest BCUT2D eigenvalue weighted by Gasteiger charge is 1.99. The van der Waals surface area contributed by atoms with Gasteiger partial charge in [0.2, 0.25) is 0 Å². The Morgan fingerprint density at radius 1 is 1.05 bits per heavy atom. The zero-order valence-corrected chi connectivity index (χ0v) is 13.0. The minimum Gasteiger partial charge on any atom is -0.381 e. The number of hydrogen-bond acceptors (Lipinski definition) is 1. The molecule has 0 spiro atoms. The molecule has 0 fully saturated rings. The van der Waals surface area contributed by atoms with Crippen molar-refractivity contribution in [2.24, 2.45) is 0 Å². The molecule has 2 nitrogen and oxygen atoms in total. The number of anilines is 1. The van der Waals surface area contributed by atoms with Crippen LogP contribution in [0.5, 0.6) is 0 Å². The van der Waals surface area contributed by atoms with Gasteiger partial charge in [0.25, 0.3) is 0 Å². The minimum atomic E-state index is 0.856. The maximum Gasteiger partial charge on any atom is 0.0415 e. The lowest BCUT2D eigenvalue weighted by Crippen LogP contribution is -1.98. The summed E-state index contributed by atoms with van der Waals surface area (Å²) in [5.41, 5.74) is 2.46. The van der Waals surface area contributed by atoms with E-state index in [0.717, 1.165) is 23.2 Å². The molecule has 102 valence electrons. The molecule has 0 aliphatic carbocycles. The van der Waals surface area contributed by atoms with Gasteiger partial charge in [-0.2, -0.15) is 0 Å². The number of nitrogens with one attached hydrogen (secondary N) is 1. The Labute approximate surface area is 127 Å². The van der Waals surface area contributed by atoms with Crippen LogP contribution in [0.1, 0.15) is 12.5 Å². The molecule has 0 radical (unpaired) electrons. The molecule has 20 heavy (non-hydrogen) atoms. The Hall–Kier alpha value is -1.74. The average molecular weight is 329 g/mol. The van der Waals surface area contributed by atoms with Crippen molar-refractivity contribution < 1.29 is 0 Å². The standard InChI is InChI=1S/C17H17BrN2/c1-2-20-8-7-13(12-20)11-19-17-6-4-14-9-16(18)5-3-15(14)10-17/h3-10,12,19H,2,11H2,1H3. The summed E-state index contributed by atoms with van der Waals surface area (Å²) in [4.78, 5) is 0. The second kappa shape index (κ2) is 5.71. The van der Waals surface area contributed by atoms with E-state index in [1.807, 2.05) is 0 Å². The van der Waals surface area contributed by atoms with Crippen LogP contribution in [0.15, 0.2) is 59.3 Å². The van der Waals surface area contributed by atoms with Gasteiger partial charge in [-0.05, 0) is 53.6 Å². The smallest absolute Gasteiger partial charge is 0.0415 e. The molecule has 1 heterocycles. The molecule has 3 heteroatoms. The van der Waals surface area contributed by atoms with E-state index >= 15 is 0 Å². The number of nitrogens with zero attached hydrogens (tertiary/aromatic N) is 1. The van der Waals surface area contributed by atoms with Crippen LogP contribution in [0.3, 0.4) is 0 Å². The molecular weight excluding hydrogens is 312 g/mol. The topological polar surface area (TPSA) is 17.0 Å². The molecule has 3 aromatic rings. The van der Waals surface area contributed by atoms with Crippen molar-refractivity contribution in [1.82, 2.24) is 4.57 Å². The second-order valence-corrected chi connectivity index (χ2v) is 5.83. The van der Waals surface area contributed by atoms with Crippen LogP contribution in [0.2, 0.25) is 0 Å². The maximum atomic E-state index is 3.50. The Bertz CT molecular complexity index is 731. The molecule has 0 bridgehead atoms. The number of halogens is 1. The molecule has 0 unspecified atom stereocenters. The molecular formula is C17H17BrN2. The summed E-state index contributed by atoms with van der Waals surface area (Å²) >= 11 is 3.50. The molecule has 0 atom stereocenters. The van der Waals surface area contributed by atoms with E-state index in [1.54, 1.807) is 0 Å². The first-order valence-electron chi connectivity index (χ1n) is 6.82. The van der Waals surface area contributed by atoms with E-state index in [-0.39, 0.29) is 0 Å². The lowest BCUT2D eigenvalue weighted by molar-refractivity contribution is 0.766. The summed E-state index contributed by atoms with van der Waals surface area (Å²) in [6.45, 7) is 4.03. The highest BCUT2D eigenvalue weighted by atomic mass is 79.9. The lowest BCUT2D eigenvalue weighted by atomic mass is 10.1. The van der Waals surface area contributed by atoms with E-state index in [4.69, 9.17) is 0 Å². The van der Waals surface area contributed by atoms with Gasteiger partial charge >= 0.3 is 0 Å². The summed E-state index contributed by atoms with van der Waals surface area (Å²) in [5.74, 6) is 0. The van der Waals surface area contributed by atoms with Crippen molar-refractivity contribution in [3.8, 4) is 0 Å². The van der Waals surface area contributed by atoms with Gasteiger partial charge in [-0.3, -0.25) is 0 Å². The Morgan fingerprint density at radius 2 is 1.85 bits per heavy atom. The number of aryl methyl sites for hydroxylation is 1. The largest absolute Gasteiger partial charge is 0.381 e. The number of rotatable bonds is 4. The van der Waals surface area contributed by atoms with E-state index in [0.29, 0.717) is 0 Å². The molecule has 0 aliphatic heterocycles. The number of fused-ring (bicyclic) bond motifs is 1. The van der Waals surface area contributed by atoms with Gasteiger partial charge in [0.15, 0.2) is 0 Å². The van der Waals surface area contributed by atoms with Gasteiger partial charge in [-0.15, -0.1) is 0 Å². The van der Waals surface area contributed by atoms with Crippen LogP contribution in [-0.4, -0.2) is 4.57 Å². The quantitative estimate of drug-likeness (QED) is 0.710. The molecule has 1 aromatic heterocycles. The molecule has 0 saturated carbocycles. The summed E-state index contributed by atoms with van der Waals surface area (Å²) in [7, 11) is 0. The van der Waals surface area contributed by atoms with Crippen molar-refractivity contribution in [3.63, 3.8) is 0 Å². The van der Waals surface area contributed by atoms with Gasteiger partial charge in [0.05, 0.1) is 0 Å². The predicted molar refractivity (Wildman–Crippen MR) is 89.1 cm³/mol. The maximum absolute atomic E-state index is 3.50. The normalized spacial score (nSPS) is 10.9. The van der Waals surface area contributed by atoms with Gasteiger partial charge in [0, 0.05) is 35.6 Å². The minimum absolute atomic E-state index is 0.856. The van der Waals surface area contributed by atoms with Gasteiger partial charge in [0.1, 0.15) is 0 Å². The SMILES string of the molecule is CCn1ccc(CNc2ccc3cc(Br)ccc3c2)c1. The Kier molecular flexibility index (Phi) is 3.79. The Balaban J connectivity index is 1.75. The number of hydrogen-bond donors (Lipinski definition) is 1. The third-order valence-electron chi connectivity index (χ3n) is 3.48. The van der Waals surface area contributed by atoms with E-state index < -0.39 is 0 Å². The first-order chi connectivity index (χ1) is 9.74. The molecule has 1 N–H and O–H groups in total. The van der Waals surface area contributed by atoms with Crippen molar-refractivity contribution in [2.45, 2.75) is 20.0 Å². The summed E-state index contributed by atoms with van der Waals surface area (Å²) in [6.07, 6.45) is 4.31. The fourth-order valence-corrected chi connectivity index (χ4v) is 2.70. The predicted octanol–water partition coefficient (Wildman–Crippen LogP) is 5.04.